The SMILES string of the molecule is CCOC1CC(NS(=O)(=O)c2cc(CN)n(C3CC3)c2)C1. The lowest BCUT2D eigenvalue weighted by Crippen LogP contribution is -2.47. The topological polar surface area (TPSA) is 86.3 Å². The molecule has 1 aromatic heterocycles. The van der Waals surface area contributed by atoms with Crippen LogP contribution in [0.4, 0.5) is 0 Å². The average Bonchev–Trinajstić information content (AvgIpc) is 3.15. The smallest absolute Gasteiger partial charge is 0.242 e. The van der Waals surface area contributed by atoms with Gasteiger partial charge >= 0.3 is 0 Å². The molecule has 0 bridgehead atoms. The summed E-state index contributed by atoms with van der Waals surface area (Å²) in [7, 11) is -3.46. The van der Waals surface area contributed by atoms with Crippen LogP contribution in [-0.4, -0.2) is 31.7 Å². The molecule has 21 heavy (non-hydrogen) atoms. The fourth-order valence-corrected chi connectivity index (χ4v) is 4.13. The van der Waals surface area contributed by atoms with E-state index in [1.165, 1.54) is 0 Å². The minimum atomic E-state index is -3.46. The second-order valence-corrected chi connectivity index (χ2v) is 7.59. The van der Waals surface area contributed by atoms with E-state index in [0.29, 0.717) is 24.1 Å². The normalized spacial score (nSPS) is 25.8. The maximum Gasteiger partial charge on any atom is 0.242 e. The van der Waals surface area contributed by atoms with Gasteiger partial charge in [0.2, 0.25) is 10.0 Å². The maximum atomic E-state index is 12.4. The van der Waals surface area contributed by atoms with Crippen molar-refractivity contribution in [3.05, 3.63) is 18.0 Å². The molecule has 0 radical (unpaired) electrons. The molecule has 0 spiro atoms. The summed E-state index contributed by atoms with van der Waals surface area (Å²) in [5.41, 5.74) is 6.60. The Balaban J connectivity index is 1.68. The van der Waals surface area contributed by atoms with E-state index in [1.54, 1.807) is 12.3 Å². The molecule has 0 unspecified atom stereocenters. The summed E-state index contributed by atoms with van der Waals surface area (Å²) >= 11 is 0. The second-order valence-electron chi connectivity index (χ2n) is 5.88. The summed E-state index contributed by atoms with van der Waals surface area (Å²) in [5.74, 6) is 0. The highest BCUT2D eigenvalue weighted by atomic mass is 32.2. The summed E-state index contributed by atoms with van der Waals surface area (Å²) in [4.78, 5) is 0.328. The van der Waals surface area contributed by atoms with Crippen molar-refractivity contribution < 1.29 is 13.2 Å². The first-order valence-corrected chi connectivity index (χ1v) is 9.06. The van der Waals surface area contributed by atoms with Gasteiger partial charge < -0.3 is 15.0 Å². The molecule has 1 heterocycles. The molecule has 3 N–H and O–H groups in total. The first-order chi connectivity index (χ1) is 10.0. The monoisotopic (exact) mass is 313 g/mol. The number of ether oxygens (including phenoxy) is 1. The number of nitrogens with two attached hydrogens (primary N) is 1. The molecule has 0 saturated heterocycles. The third kappa shape index (κ3) is 3.15. The van der Waals surface area contributed by atoms with Crippen LogP contribution >= 0.6 is 0 Å². The highest BCUT2D eigenvalue weighted by molar-refractivity contribution is 7.89. The zero-order valence-corrected chi connectivity index (χ0v) is 13.1. The molecule has 2 fully saturated rings. The number of sulfonamides is 1. The number of hydrogen-bond donors (Lipinski definition) is 2. The van der Waals surface area contributed by atoms with E-state index in [-0.39, 0.29) is 12.1 Å². The van der Waals surface area contributed by atoms with Crippen LogP contribution in [0.5, 0.6) is 0 Å². The lowest BCUT2D eigenvalue weighted by atomic mass is 9.90. The van der Waals surface area contributed by atoms with Gasteiger partial charge in [-0.3, -0.25) is 0 Å². The zero-order chi connectivity index (χ0) is 15.0. The molecule has 3 rings (SSSR count). The van der Waals surface area contributed by atoms with Crippen molar-refractivity contribution in [1.82, 2.24) is 9.29 Å². The summed E-state index contributed by atoms with van der Waals surface area (Å²) in [6, 6.07) is 2.11. The van der Waals surface area contributed by atoms with Crippen LogP contribution in [0.1, 0.15) is 44.3 Å². The summed E-state index contributed by atoms with van der Waals surface area (Å²) in [6.07, 6.45) is 5.63. The van der Waals surface area contributed by atoms with Gasteiger partial charge in [-0.05, 0) is 38.7 Å². The lowest BCUT2D eigenvalue weighted by Gasteiger charge is -2.34. The largest absolute Gasteiger partial charge is 0.378 e. The fourth-order valence-electron chi connectivity index (χ4n) is 2.82. The molecule has 0 amide bonds. The van der Waals surface area contributed by atoms with Crippen molar-refractivity contribution in [3.8, 4) is 0 Å². The van der Waals surface area contributed by atoms with Crippen molar-refractivity contribution >= 4 is 10.0 Å². The molecular formula is C14H23N3O3S. The van der Waals surface area contributed by atoms with E-state index in [1.807, 2.05) is 11.5 Å². The van der Waals surface area contributed by atoms with Crippen molar-refractivity contribution in [1.29, 1.82) is 0 Å². The number of nitrogens with zero attached hydrogens (tertiary/aromatic N) is 1. The zero-order valence-electron chi connectivity index (χ0n) is 12.3. The van der Waals surface area contributed by atoms with Crippen LogP contribution < -0.4 is 10.5 Å². The first-order valence-electron chi connectivity index (χ1n) is 7.58. The molecule has 0 aromatic carbocycles. The van der Waals surface area contributed by atoms with Gasteiger partial charge in [-0.2, -0.15) is 0 Å². The molecule has 7 heteroatoms. The van der Waals surface area contributed by atoms with Gasteiger partial charge in [-0.15, -0.1) is 0 Å². The van der Waals surface area contributed by atoms with Gasteiger partial charge in [-0.1, -0.05) is 0 Å². The van der Waals surface area contributed by atoms with E-state index >= 15 is 0 Å². The number of hydrogen-bond acceptors (Lipinski definition) is 4. The molecular weight excluding hydrogens is 290 g/mol. The lowest BCUT2D eigenvalue weighted by molar-refractivity contribution is -0.00475. The third-order valence-electron chi connectivity index (χ3n) is 4.19. The molecule has 1 aromatic rings. The Morgan fingerprint density at radius 1 is 1.43 bits per heavy atom. The van der Waals surface area contributed by atoms with Crippen LogP contribution in [0.2, 0.25) is 0 Å². The van der Waals surface area contributed by atoms with E-state index in [9.17, 15) is 8.42 Å². The van der Waals surface area contributed by atoms with Crippen LogP contribution in [0.15, 0.2) is 17.2 Å². The summed E-state index contributed by atoms with van der Waals surface area (Å²) < 4.78 is 35.1. The van der Waals surface area contributed by atoms with Gasteiger partial charge in [0.1, 0.15) is 0 Å². The Morgan fingerprint density at radius 2 is 2.14 bits per heavy atom. The van der Waals surface area contributed by atoms with Crippen molar-refractivity contribution in [2.75, 3.05) is 6.61 Å². The van der Waals surface area contributed by atoms with Gasteiger partial charge in [0, 0.05) is 37.1 Å². The predicted molar refractivity (Wildman–Crippen MR) is 79.4 cm³/mol. The Kier molecular flexibility index (Phi) is 4.09. The van der Waals surface area contributed by atoms with Crippen molar-refractivity contribution in [2.24, 2.45) is 5.73 Å². The molecule has 0 aliphatic heterocycles. The van der Waals surface area contributed by atoms with E-state index in [2.05, 4.69) is 4.72 Å². The highest BCUT2D eigenvalue weighted by Crippen LogP contribution is 2.37. The van der Waals surface area contributed by atoms with Crippen LogP contribution in [0.25, 0.3) is 0 Å². The molecule has 0 atom stereocenters. The Hall–Kier alpha value is -0.890. The number of rotatable bonds is 7. The predicted octanol–water partition coefficient (Wildman–Crippen LogP) is 1.13. The van der Waals surface area contributed by atoms with Crippen molar-refractivity contribution in [2.45, 2.75) is 62.2 Å². The Labute approximate surface area is 125 Å². The molecule has 2 saturated carbocycles. The van der Waals surface area contributed by atoms with Crippen molar-refractivity contribution in [3.63, 3.8) is 0 Å². The molecule has 2 aliphatic rings. The minimum absolute atomic E-state index is 0.0165. The summed E-state index contributed by atoms with van der Waals surface area (Å²) in [5, 5.41) is 0. The maximum absolute atomic E-state index is 12.4. The fraction of sp³-hybridized carbons (Fsp3) is 0.714. The van der Waals surface area contributed by atoms with Gasteiger partial charge in [0.15, 0.2) is 0 Å². The number of aromatic nitrogens is 1. The van der Waals surface area contributed by atoms with Gasteiger partial charge in [-0.25, -0.2) is 13.1 Å². The number of nitrogens with one attached hydrogen (secondary N) is 1. The van der Waals surface area contributed by atoms with Crippen LogP contribution in [0.3, 0.4) is 0 Å². The van der Waals surface area contributed by atoms with Gasteiger partial charge in [0.05, 0.1) is 11.0 Å². The van der Waals surface area contributed by atoms with Crippen LogP contribution in [0, 0.1) is 0 Å². The molecule has 2 aliphatic carbocycles. The quantitative estimate of drug-likeness (QED) is 0.790. The van der Waals surface area contributed by atoms with Crippen LogP contribution in [-0.2, 0) is 21.3 Å². The average molecular weight is 313 g/mol. The Bertz CT molecular complexity index is 601. The molecule has 6 nitrogen and oxygen atoms in total. The minimum Gasteiger partial charge on any atom is -0.378 e. The first kappa shape index (κ1) is 15.0. The summed E-state index contributed by atoms with van der Waals surface area (Å²) in [6.45, 7) is 2.99. The third-order valence-corrected chi connectivity index (χ3v) is 5.67. The van der Waals surface area contributed by atoms with E-state index in [0.717, 1.165) is 31.4 Å². The van der Waals surface area contributed by atoms with Gasteiger partial charge in [0.25, 0.3) is 0 Å². The second kappa shape index (κ2) is 5.72. The van der Waals surface area contributed by atoms with E-state index in [4.69, 9.17) is 10.5 Å². The highest BCUT2D eigenvalue weighted by Gasteiger charge is 2.34. The Morgan fingerprint density at radius 3 is 2.71 bits per heavy atom. The van der Waals surface area contributed by atoms with E-state index < -0.39 is 10.0 Å². The standard InChI is InChI=1S/C14H23N3O3S/c1-2-20-13-5-10(6-13)16-21(18,19)14-7-12(8-15)17(9-14)11-3-4-11/h7,9-11,13,16H,2-6,8,15H2,1H3. The molecule has 118 valence electrons.